The molecule has 1 heterocycles. The number of anilines is 1. The van der Waals surface area contributed by atoms with Crippen molar-refractivity contribution in [3.05, 3.63) is 59.4 Å². The van der Waals surface area contributed by atoms with Crippen LogP contribution in [0.3, 0.4) is 0 Å². The second-order valence-electron chi connectivity index (χ2n) is 5.26. The summed E-state index contributed by atoms with van der Waals surface area (Å²) in [5, 5.41) is 5.10. The van der Waals surface area contributed by atoms with E-state index in [-0.39, 0.29) is 28.9 Å². The van der Waals surface area contributed by atoms with Crippen molar-refractivity contribution in [3.63, 3.8) is 0 Å². The molecule has 5 nitrogen and oxygen atoms in total. The molecule has 1 aromatic heterocycles. The van der Waals surface area contributed by atoms with Gasteiger partial charge in [0, 0.05) is 23.9 Å². The number of pyridine rings is 1. The molecule has 0 aliphatic heterocycles. The first-order valence-corrected chi connectivity index (χ1v) is 7.06. The Balaban J connectivity index is 1.75. The standard InChI is InChI=1S/C16H13F2N3O2/c17-10-1-4-13(12(18)8-10)21-15(22)9-5-6-19-14(7-9)16(23)20-11-2-3-11/h1,4-8,11H,2-3H2,(H,20,23)(H,21,22). The number of aromatic nitrogens is 1. The van der Waals surface area contributed by atoms with Crippen molar-refractivity contribution in [2.24, 2.45) is 0 Å². The van der Waals surface area contributed by atoms with Crippen LogP contribution in [0.1, 0.15) is 33.7 Å². The molecule has 0 radical (unpaired) electrons. The van der Waals surface area contributed by atoms with Crippen molar-refractivity contribution < 1.29 is 18.4 Å². The molecule has 1 aliphatic carbocycles. The number of benzene rings is 1. The van der Waals surface area contributed by atoms with Gasteiger partial charge in [0.05, 0.1) is 5.69 Å². The fourth-order valence-electron chi connectivity index (χ4n) is 1.97. The summed E-state index contributed by atoms with van der Waals surface area (Å²) in [6.07, 6.45) is 3.21. The van der Waals surface area contributed by atoms with Crippen LogP contribution in [-0.2, 0) is 0 Å². The highest BCUT2D eigenvalue weighted by atomic mass is 19.1. The van der Waals surface area contributed by atoms with Gasteiger partial charge in [-0.15, -0.1) is 0 Å². The Hall–Kier alpha value is -2.83. The molecule has 2 aromatic rings. The molecule has 1 fully saturated rings. The lowest BCUT2D eigenvalue weighted by atomic mass is 10.2. The third-order valence-corrected chi connectivity index (χ3v) is 3.35. The highest BCUT2D eigenvalue weighted by Crippen LogP contribution is 2.19. The van der Waals surface area contributed by atoms with Gasteiger partial charge in [0.15, 0.2) is 0 Å². The molecule has 2 amide bonds. The predicted molar refractivity (Wildman–Crippen MR) is 79.0 cm³/mol. The van der Waals surface area contributed by atoms with Crippen LogP contribution in [0.2, 0.25) is 0 Å². The van der Waals surface area contributed by atoms with Crippen LogP contribution in [0.5, 0.6) is 0 Å². The van der Waals surface area contributed by atoms with Crippen molar-refractivity contribution in [3.8, 4) is 0 Å². The van der Waals surface area contributed by atoms with Gasteiger partial charge in [0.1, 0.15) is 17.3 Å². The zero-order valence-electron chi connectivity index (χ0n) is 12.0. The predicted octanol–water partition coefficient (Wildman–Crippen LogP) is 2.50. The van der Waals surface area contributed by atoms with Gasteiger partial charge in [-0.25, -0.2) is 8.78 Å². The molecule has 23 heavy (non-hydrogen) atoms. The van der Waals surface area contributed by atoms with Gasteiger partial charge in [-0.1, -0.05) is 0 Å². The quantitative estimate of drug-likeness (QED) is 0.910. The van der Waals surface area contributed by atoms with Gasteiger partial charge < -0.3 is 10.6 Å². The lowest BCUT2D eigenvalue weighted by Gasteiger charge is -2.08. The van der Waals surface area contributed by atoms with Crippen LogP contribution in [0.25, 0.3) is 0 Å². The Morgan fingerprint density at radius 3 is 2.57 bits per heavy atom. The van der Waals surface area contributed by atoms with E-state index in [9.17, 15) is 18.4 Å². The van der Waals surface area contributed by atoms with Crippen molar-refractivity contribution in [1.29, 1.82) is 0 Å². The van der Waals surface area contributed by atoms with Crippen molar-refractivity contribution in [2.45, 2.75) is 18.9 Å². The van der Waals surface area contributed by atoms with E-state index in [1.165, 1.54) is 18.3 Å². The van der Waals surface area contributed by atoms with Crippen molar-refractivity contribution in [1.82, 2.24) is 10.3 Å². The molecule has 1 aliphatic rings. The maximum Gasteiger partial charge on any atom is 0.270 e. The van der Waals surface area contributed by atoms with E-state index >= 15 is 0 Å². The first-order chi connectivity index (χ1) is 11.0. The monoisotopic (exact) mass is 317 g/mol. The first-order valence-electron chi connectivity index (χ1n) is 7.06. The van der Waals surface area contributed by atoms with Gasteiger partial charge in [0.2, 0.25) is 0 Å². The van der Waals surface area contributed by atoms with E-state index in [1.807, 2.05) is 0 Å². The second kappa shape index (κ2) is 6.12. The molecule has 0 atom stereocenters. The maximum absolute atomic E-state index is 13.6. The summed E-state index contributed by atoms with van der Waals surface area (Å²) >= 11 is 0. The Morgan fingerprint density at radius 1 is 1.09 bits per heavy atom. The van der Waals surface area contributed by atoms with E-state index in [4.69, 9.17) is 0 Å². The number of hydrogen-bond donors (Lipinski definition) is 2. The minimum Gasteiger partial charge on any atom is -0.348 e. The average molecular weight is 317 g/mol. The van der Waals surface area contributed by atoms with Crippen LogP contribution in [-0.4, -0.2) is 22.8 Å². The molecule has 0 spiro atoms. The van der Waals surface area contributed by atoms with Crippen LogP contribution in [0, 0.1) is 11.6 Å². The summed E-state index contributed by atoms with van der Waals surface area (Å²) in [4.78, 5) is 28.0. The highest BCUT2D eigenvalue weighted by Gasteiger charge is 2.24. The van der Waals surface area contributed by atoms with Crippen LogP contribution in [0.15, 0.2) is 36.5 Å². The van der Waals surface area contributed by atoms with Crippen LogP contribution < -0.4 is 10.6 Å². The van der Waals surface area contributed by atoms with Gasteiger partial charge in [-0.05, 0) is 37.1 Å². The van der Waals surface area contributed by atoms with Crippen molar-refractivity contribution >= 4 is 17.5 Å². The van der Waals surface area contributed by atoms with E-state index in [1.54, 1.807) is 0 Å². The molecule has 0 saturated heterocycles. The smallest absolute Gasteiger partial charge is 0.270 e. The number of nitrogens with one attached hydrogen (secondary N) is 2. The van der Waals surface area contributed by atoms with Crippen LogP contribution in [0.4, 0.5) is 14.5 Å². The number of hydrogen-bond acceptors (Lipinski definition) is 3. The topological polar surface area (TPSA) is 71.1 Å². The lowest BCUT2D eigenvalue weighted by Crippen LogP contribution is -2.26. The van der Waals surface area contributed by atoms with E-state index in [0.29, 0.717) is 6.07 Å². The van der Waals surface area contributed by atoms with Gasteiger partial charge >= 0.3 is 0 Å². The fraction of sp³-hybridized carbons (Fsp3) is 0.188. The molecular formula is C16H13F2N3O2. The fourth-order valence-corrected chi connectivity index (χ4v) is 1.97. The Labute approximate surface area is 130 Å². The van der Waals surface area contributed by atoms with E-state index < -0.39 is 17.5 Å². The largest absolute Gasteiger partial charge is 0.348 e. The molecule has 3 rings (SSSR count). The third-order valence-electron chi connectivity index (χ3n) is 3.35. The third kappa shape index (κ3) is 3.68. The molecule has 7 heteroatoms. The summed E-state index contributed by atoms with van der Waals surface area (Å²) < 4.78 is 26.4. The van der Waals surface area contributed by atoms with Crippen LogP contribution >= 0.6 is 0 Å². The summed E-state index contributed by atoms with van der Waals surface area (Å²) in [6.45, 7) is 0. The zero-order chi connectivity index (χ0) is 16.4. The minimum absolute atomic E-state index is 0.115. The van der Waals surface area contributed by atoms with Crippen molar-refractivity contribution in [2.75, 3.05) is 5.32 Å². The maximum atomic E-state index is 13.6. The minimum atomic E-state index is -0.876. The number of rotatable bonds is 4. The number of carbonyl (C=O) groups is 2. The zero-order valence-corrected chi connectivity index (χ0v) is 12.0. The van der Waals surface area contributed by atoms with Gasteiger partial charge in [-0.3, -0.25) is 14.6 Å². The first kappa shape index (κ1) is 15.1. The summed E-state index contributed by atoms with van der Waals surface area (Å²) in [5.74, 6) is -2.57. The molecule has 0 unspecified atom stereocenters. The number of nitrogens with zero attached hydrogens (tertiary/aromatic N) is 1. The summed E-state index contributed by atoms with van der Waals surface area (Å²) in [7, 11) is 0. The number of amides is 2. The number of halogens is 2. The number of carbonyl (C=O) groups excluding carboxylic acids is 2. The average Bonchev–Trinajstić information content (AvgIpc) is 3.34. The second-order valence-corrected chi connectivity index (χ2v) is 5.26. The summed E-state index contributed by atoms with van der Waals surface area (Å²) in [5.41, 5.74) is 0.131. The molecule has 2 N–H and O–H groups in total. The van der Waals surface area contributed by atoms with Gasteiger partial charge in [0.25, 0.3) is 11.8 Å². The Bertz CT molecular complexity index is 776. The SMILES string of the molecule is O=C(Nc1ccc(F)cc1F)c1ccnc(C(=O)NC2CC2)c1. The highest BCUT2D eigenvalue weighted by molar-refractivity contribution is 6.05. The molecule has 1 saturated carbocycles. The Kier molecular flexibility index (Phi) is 4.01. The molecule has 118 valence electrons. The van der Waals surface area contributed by atoms with E-state index in [0.717, 1.165) is 25.0 Å². The Morgan fingerprint density at radius 2 is 1.87 bits per heavy atom. The summed E-state index contributed by atoms with van der Waals surface area (Å²) in [6, 6.07) is 5.76. The normalized spacial score (nSPS) is 13.5. The molecular weight excluding hydrogens is 304 g/mol. The van der Waals surface area contributed by atoms with Gasteiger partial charge in [-0.2, -0.15) is 0 Å². The molecule has 1 aromatic carbocycles. The molecule has 0 bridgehead atoms. The lowest BCUT2D eigenvalue weighted by molar-refractivity contribution is 0.0946. The van der Waals surface area contributed by atoms with E-state index in [2.05, 4.69) is 15.6 Å².